The van der Waals surface area contributed by atoms with Gasteiger partial charge >= 0.3 is 0 Å². The minimum absolute atomic E-state index is 0.0231. The average molecular weight is 362 g/mol. The number of benzene rings is 2. The summed E-state index contributed by atoms with van der Waals surface area (Å²) in [4.78, 5) is 23.8. The molecule has 0 spiro atoms. The van der Waals surface area contributed by atoms with Crippen LogP contribution in [0.4, 0.5) is 0 Å². The van der Waals surface area contributed by atoms with Gasteiger partial charge in [-0.25, -0.2) is 0 Å². The number of rotatable bonds is 3. The van der Waals surface area contributed by atoms with Crippen molar-refractivity contribution in [3.63, 3.8) is 0 Å². The minimum Gasteiger partial charge on any atom is -0.302 e. The summed E-state index contributed by atoms with van der Waals surface area (Å²) in [6.45, 7) is 1.89. The number of hydrogen-bond donors (Lipinski definition) is 3. The molecule has 0 aliphatic carbocycles. The van der Waals surface area contributed by atoms with Gasteiger partial charge < -0.3 is 5.32 Å². The molecule has 2 amide bonds. The van der Waals surface area contributed by atoms with Gasteiger partial charge in [0.25, 0.3) is 5.91 Å². The van der Waals surface area contributed by atoms with Crippen LogP contribution in [0.3, 0.4) is 0 Å². The number of hydrazine groups is 1. The Balaban J connectivity index is 1.79. The number of aryl methyl sites for hydroxylation is 1. The van der Waals surface area contributed by atoms with Gasteiger partial charge in [-0.15, -0.1) is 0 Å². The summed E-state index contributed by atoms with van der Waals surface area (Å²) in [6.07, 6.45) is 0.158. The van der Waals surface area contributed by atoms with Crippen LogP contribution >= 0.6 is 23.8 Å². The Labute approximate surface area is 150 Å². The van der Waals surface area contributed by atoms with Crippen molar-refractivity contribution in [1.82, 2.24) is 16.2 Å². The van der Waals surface area contributed by atoms with Gasteiger partial charge in [-0.1, -0.05) is 41.4 Å². The van der Waals surface area contributed by atoms with E-state index in [9.17, 15) is 9.59 Å². The lowest BCUT2D eigenvalue weighted by Crippen LogP contribution is -2.48. The summed E-state index contributed by atoms with van der Waals surface area (Å²) >= 11 is 10.8. The molecule has 5 nitrogen and oxygen atoms in total. The second kappa shape index (κ2) is 8.42. The molecule has 2 aromatic carbocycles. The molecule has 0 aliphatic rings. The molecule has 0 unspecified atom stereocenters. The molecular weight excluding hydrogens is 346 g/mol. The van der Waals surface area contributed by atoms with Gasteiger partial charge in [0.2, 0.25) is 5.91 Å². The fourth-order valence-corrected chi connectivity index (χ4v) is 2.25. The Morgan fingerprint density at radius 2 is 1.79 bits per heavy atom. The molecule has 124 valence electrons. The van der Waals surface area contributed by atoms with E-state index in [2.05, 4.69) is 16.2 Å². The molecule has 3 N–H and O–H groups in total. The SMILES string of the molecule is Cc1cccc(C(=O)NNC(=S)NC(=O)Cc2ccc(Cl)cc2)c1. The maximum Gasteiger partial charge on any atom is 0.269 e. The van der Waals surface area contributed by atoms with Crippen molar-refractivity contribution < 1.29 is 9.59 Å². The fraction of sp³-hybridized carbons (Fsp3) is 0.118. The first-order chi connectivity index (χ1) is 11.4. The van der Waals surface area contributed by atoms with E-state index in [0.29, 0.717) is 10.6 Å². The van der Waals surface area contributed by atoms with E-state index in [-0.39, 0.29) is 23.3 Å². The largest absolute Gasteiger partial charge is 0.302 e. The fourth-order valence-electron chi connectivity index (χ4n) is 1.96. The molecule has 0 aliphatic heterocycles. The van der Waals surface area contributed by atoms with Gasteiger partial charge in [-0.05, 0) is 49.0 Å². The Bertz CT molecular complexity index is 763. The summed E-state index contributed by atoms with van der Waals surface area (Å²) in [7, 11) is 0. The van der Waals surface area contributed by atoms with E-state index < -0.39 is 0 Å². The Hall–Kier alpha value is -2.44. The summed E-state index contributed by atoms with van der Waals surface area (Å²) in [5.41, 5.74) is 7.23. The van der Waals surface area contributed by atoms with Crippen molar-refractivity contribution in [3.05, 3.63) is 70.2 Å². The summed E-state index contributed by atoms with van der Waals surface area (Å²) in [5, 5.41) is 3.12. The van der Waals surface area contributed by atoms with Crippen LogP contribution in [-0.2, 0) is 11.2 Å². The zero-order valence-corrected chi connectivity index (χ0v) is 14.5. The Morgan fingerprint density at radius 3 is 2.46 bits per heavy atom. The summed E-state index contributed by atoms with van der Waals surface area (Å²) in [6, 6.07) is 14.1. The smallest absolute Gasteiger partial charge is 0.269 e. The monoisotopic (exact) mass is 361 g/mol. The molecular formula is C17H16ClN3O2S. The molecule has 0 saturated carbocycles. The van der Waals surface area contributed by atoms with Crippen molar-refractivity contribution in [1.29, 1.82) is 0 Å². The van der Waals surface area contributed by atoms with E-state index in [1.54, 1.807) is 42.5 Å². The van der Waals surface area contributed by atoms with Crippen LogP contribution in [0.15, 0.2) is 48.5 Å². The molecule has 0 fully saturated rings. The maximum atomic E-state index is 12.0. The molecule has 0 saturated heterocycles. The first kappa shape index (κ1) is 17.9. The topological polar surface area (TPSA) is 70.2 Å². The average Bonchev–Trinajstić information content (AvgIpc) is 2.54. The van der Waals surface area contributed by atoms with Crippen molar-refractivity contribution >= 4 is 40.7 Å². The predicted molar refractivity (Wildman–Crippen MR) is 97.7 cm³/mol. The maximum absolute atomic E-state index is 12.0. The van der Waals surface area contributed by atoms with Crippen molar-refractivity contribution in [3.8, 4) is 0 Å². The molecule has 24 heavy (non-hydrogen) atoms. The lowest BCUT2D eigenvalue weighted by atomic mass is 10.1. The van der Waals surface area contributed by atoms with Crippen molar-refractivity contribution in [2.24, 2.45) is 0 Å². The molecule has 0 bridgehead atoms. The van der Waals surface area contributed by atoms with E-state index in [1.165, 1.54) is 0 Å². The molecule has 0 radical (unpaired) electrons. The van der Waals surface area contributed by atoms with Crippen LogP contribution in [0.2, 0.25) is 5.02 Å². The first-order valence-electron chi connectivity index (χ1n) is 7.15. The number of amides is 2. The van der Waals surface area contributed by atoms with Gasteiger partial charge in [0.05, 0.1) is 6.42 Å². The lowest BCUT2D eigenvalue weighted by molar-refractivity contribution is -0.119. The molecule has 2 rings (SSSR count). The van der Waals surface area contributed by atoms with Crippen LogP contribution in [0.25, 0.3) is 0 Å². The molecule has 0 heterocycles. The van der Waals surface area contributed by atoms with Gasteiger partial charge in [0.1, 0.15) is 0 Å². The number of carbonyl (C=O) groups is 2. The number of hydrogen-bond acceptors (Lipinski definition) is 3. The van der Waals surface area contributed by atoms with Crippen LogP contribution in [0.1, 0.15) is 21.5 Å². The summed E-state index contributed by atoms with van der Waals surface area (Å²) in [5.74, 6) is -0.632. The first-order valence-corrected chi connectivity index (χ1v) is 7.94. The van der Waals surface area contributed by atoms with E-state index >= 15 is 0 Å². The third-order valence-corrected chi connectivity index (χ3v) is 3.56. The molecule has 0 aromatic heterocycles. The molecule has 2 aromatic rings. The van der Waals surface area contributed by atoms with E-state index in [0.717, 1.165) is 11.1 Å². The molecule has 7 heteroatoms. The van der Waals surface area contributed by atoms with Crippen molar-refractivity contribution in [2.45, 2.75) is 13.3 Å². The van der Waals surface area contributed by atoms with Crippen LogP contribution in [0, 0.1) is 6.92 Å². The molecule has 0 atom stereocenters. The minimum atomic E-state index is -0.340. The van der Waals surface area contributed by atoms with Crippen LogP contribution < -0.4 is 16.2 Å². The number of halogens is 1. The lowest BCUT2D eigenvalue weighted by Gasteiger charge is -2.11. The van der Waals surface area contributed by atoms with Gasteiger partial charge in [0.15, 0.2) is 5.11 Å². The van der Waals surface area contributed by atoms with E-state index in [1.807, 2.05) is 13.0 Å². The highest BCUT2D eigenvalue weighted by atomic mass is 35.5. The number of carbonyl (C=O) groups excluding carboxylic acids is 2. The second-order valence-corrected chi connectivity index (χ2v) is 5.97. The van der Waals surface area contributed by atoms with Gasteiger partial charge in [0, 0.05) is 10.6 Å². The highest BCUT2D eigenvalue weighted by Gasteiger charge is 2.08. The van der Waals surface area contributed by atoms with Gasteiger partial charge in [-0.3, -0.25) is 20.4 Å². The van der Waals surface area contributed by atoms with Gasteiger partial charge in [-0.2, -0.15) is 0 Å². The van der Waals surface area contributed by atoms with Crippen LogP contribution in [0.5, 0.6) is 0 Å². The zero-order chi connectivity index (χ0) is 17.5. The number of thiocarbonyl (C=S) groups is 1. The number of nitrogens with one attached hydrogen (secondary N) is 3. The second-order valence-electron chi connectivity index (χ2n) is 5.13. The standard InChI is InChI=1S/C17H16ClN3O2S/c1-11-3-2-4-13(9-11)16(23)20-21-17(24)19-15(22)10-12-5-7-14(18)8-6-12/h2-9H,10H2,1H3,(H,20,23)(H2,19,21,22,24). The van der Waals surface area contributed by atoms with Crippen LogP contribution in [-0.4, -0.2) is 16.9 Å². The third-order valence-electron chi connectivity index (χ3n) is 3.10. The Kier molecular flexibility index (Phi) is 6.28. The quantitative estimate of drug-likeness (QED) is 0.580. The predicted octanol–water partition coefficient (Wildman–Crippen LogP) is 2.53. The third kappa shape index (κ3) is 5.64. The summed E-state index contributed by atoms with van der Waals surface area (Å²) < 4.78 is 0. The normalized spacial score (nSPS) is 9.92. The Morgan fingerprint density at radius 1 is 1.08 bits per heavy atom. The zero-order valence-electron chi connectivity index (χ0n) is 12.9. The van der Waals surface area contributed by atoms with Crippen molar-refractivity contribution in [2.75, 3.05) is 0 Å². The highest BCUT2D eigenvalue weighted by molar-refractivity contribution is 7.80. The highest BCUT2D eigenvalue weighted by Crippen LogP contribution is 2.09. The van der Waals surface area contributed by atoms with E-state index in [4.69, 9.17) is 23.8 Å².